The lowest BCUT2D eigenvalue weighted by atomic mass is 10.0. The number of rotatable bonds is 6. The second-order valence-corrected chi connectivity index (χ2v) is 6.81. The van der Waals surface area contributed by atoms with E-state index < -0.39 is 0 Å². The summed E-state index contributed by atoms with van der Waals surface area (Å²) in [6.45, 7) is 5.49. The van der Waals surface area contributed by atoms with Gasteiger partial charge in [0.25, 0.3) is 0 Å². The fourth-order valence-electron chi connectivity index (χ4n) is 2.91. The first-order chi connectivity index (χ1) is 13.3. The molecule has 3 rings (SSSR count). The van der Waals surface area contributed by atoms with Crippen LogP contribution in [0.25, 0.3) is 11.0 Å². The maximum absolute atomic E-state index is 13.0. The Balaban J connectivity index is 1.98. The molecule has 6 heteroatoms. The predicted octanol–water partition coefficient (Wildman–Crippen LogP) is 4.58. The van der Waals surface area contributed by atoms with Crippen LogP contribution in [0.3, 0.4) is 0 Å². The van der Waals surface area contributed by atoms with Crippen LogP contribution >= 0.6 is 0 Å². The Bertz CT molecular complexity index is 1050. The van der Waals surface area contributed by atoms with Gasteiger partial charge in [0.15, 0.2) is 17.3 Å². The van der Waals surface area contributed by atoms with Gasteiger partial charge >= 0.3 is 0 Å². The van der Waals surface area contributed by atoms with Crippen molar-refractivity contribution in [1.29, 1.82) is 0 Å². The van der Waals surface area contributed by atoms with Crippen molar-refractivity contribution in [2.45, 2.75) is 20.8 Å². The predicted molar refractivity (Wildman–Crippen MR) is 107 cm³/mol. The van der Waals surface area contributed by atoms with Crippen molar-refractivity contribution in [3.05, 3.63) is 53.3 Å². The van der Waals surface area contributed by atoms with Crippen molar-refractivity contribution in [1.82, 2.24) is 0 Å². The third-order valence-corrected chi connectivity index (χ3v) is 4.58. The second-order valence-electron chi connectivity index (χ2n) is 6.81. The molecule has 2 aromatic carbocycles. The molecule has 3 aromatic rings. The van der Waals surface area contributed by atoms with Crippen LogP contribution in [0, 0.1) is 12.8 Å². The zero-order valence-corrected chi connectivity index (χ0v) is 16.6. The van der Waals surface area contributed by atoms with Crippen molar-refractivity contribution in [3.63, 3.8) is 0 Å². The SMILES string of the molecule is COc1ccc(C(=O)c2oc3ccc(NC(=O)C(C)C)cc3c2C)cc1OC. The number of methoxy groups -OCH3 is 2. The summed E-state index contributed by atoms with van der Waals surface area (Å²) in [6.07, 6.45) is 0. The molecule has 0 aliphatic heterocycles. The first kappa shape index (κ1) is 19.5. The molecule has 0 saturated carbocycles. The number of amides is 1. The molecule has 0 bridgehead atoms. The van der Waals surface area contributed by atoms with E-state index in [-0.39, 0.29) is 23.4 Å². The number of carbonyl (C=O) groups is 2. The average Bonchev–Trinajstić information content (AvgIpc) is 3.02. The number of nitrogens with one attached hydrogen (secondary N) is 1. The van der Waals surface area contributed by atoms with Crippen molar-refractivity contribution in [2.75, 3.05) is 19.5 Å². The van der Waals surface area contributed by atoms with Gasteiger partial charge in [-0.15, -0.1) is 0 Å². The smallest absolute Gasteiger partial charge is 0.228 e. The van der Waals surface area contributed by atoms with Crippen LogP contribution in [-0.2, 0) is 4.79 Å². The summed E-state index contributed by atoms with van der Waals surface area (Å²) in [5.41, 5.74) is 2.41. The Morgan fingerprint density at radius 2 is 1.71 bits per heavy atom. The van der Waals surface area contributed by atoms with Crippen molar-refractivity contribution in [2.24, 2.45) is 5.92 Å². The van der Waals surface area contributed by atoms with Gasteiger partial charge in [0.2, 0.25) is 11.7 Å². The number of anilines is 1. The highest BCUT2D eigenvalue weighted by Crippen LogP contribution is 2.32. The summed E-state index contributed by atoms with van der Waals surface area (Å²) in [6, 6.07) is 10.3. The first-order valence-corrected chi connectivity index (χ1v) is 8.96. The maximum atomic E-state index is 13.0. The highest BCUT2D eigenvalue weighted by atomic mass is 16.5. The third kappa shape index (κ3) is 3.58. The van der Waals surface area contributed by atoms with E-state index in [1.165, 1.54) is 7.11 Å². The molecular weight excluding hydrogens is 358 g/mol. The summed E-state index contributed by atoms with van der Waals surface area (Å²) in [7, 11) is 3.06. The number of hydrogen-bond donors (Lipinski definition) is 1. The van der Waals surface area contributed by atoms with E-state index in [1.54, 1.807) is 37.4 Å². The van der Waals surface area contributed by atoms with E-state index in [0.717, 1.165) is 10.9 Å². The molecule has 0 unspecified atom stereocenters. The molecule has 0 spiro atoms. The van der Waals surface area contributed by atoms with Crippen molar-refractivity contribution in [3.8, 4) is 11.5 Å². The molecule has 0 atom stereocenters. The number of fused-ring (bicyclic) bond motifs is 1. The number of hydrogen-bond acceptors (Lipinski definition) is 5. The average molecular weight is 381 g/mol. The number of aryl methyl sites for hydroxylation is 1. The van der Waals surface area contributed by atoms with Crippen LogP contribution in [-0.4, -0.2) is 25.9 Å². The van der Waals surface area contributed by atoms with Crippen LogP contribution in [0.15, 0.2) is 40.8 Å². The number of ether oxygens (including phenoxy) is 2. The lowest BCUT2D eigenvalue weighted by Gasteiger charge is -2.08. The molecule has 1 N–H and O–H groups in total. The number of ketones is 1. The topological polar surface area (TPSA) is 77.8 Å². The Morgan fingerprint density at radius 1 is 1.00 bits per heavy atom. The molecular formula is C22H23NO5. The molecule has 6 nitrogen and oxygen atoms in total. The second kappa shape index (κ2) is 7.76. The Hall–Kier alpha value is -3.28. The third-order valence-electron chi connectivity index (χ3n) is 4.58. The number of carbonyl (C=O) groups excluding carboxylic acids is 2. The van der Waals surface area contributed by atoms with Gasteiger partial charge in [-0.05, 0) is 43.3 Å². The summed E-state index contributed by atoms with van der Waals surface area (Å²) in [5, 5.41) is 3.65. The van der Waals surface area contributed by atoms with E-state index in [1.807, 2.05) is 26.8 Å². The molecule has 0 aliphatic carbocycles. The fraction of sp³-hybridized carbons (Fsp3) is 0.273. The van der Waals surface area contributed by atoms with E-state index in [2.05, 4.69) is 5.32 Å². The quantitative estimate of drug-likeness (QED) is 0.632. The standard InChI is InChI=1S/C22H23NO5/c1-12(2)22(25)23-15-7-9-17-16(11-15)13(3)21(28-17)20(24)14-6-8-18(26-4)19(10-14)27-5/h6-12H,1-5H3,(H,23,25). The maximum Gasteiger partial charge on any atom is 0.228 e. The largest absolute Gasteiger partial charge is 0.493 e. The fourth-order valence-corrected chi connectivity index (χ4v) is 2.91. The van der Waals surface area contributed by atoms with Crippen molar-refractivity contribution >= 4 is 28.3 Å². The molecule has 1 amide bonds. The van der Waals surface area contributed by atoms with E-state index in [9.17, 15) is 9.59 Å². The Kier molecular flexibility index (Phi) is 5.40. The monoisotopic (exact) mass is 381 g/mol. The van der Waals surface area contributed by atoms with E-state index in [0.29, 0.717) is 28.3 Å². The minimum Gasteiger partial charge on any atom is -0.493 e. The van der Waals surface area contributed by atoms with E-state index in [4.69, 9.17) is 13.9 Å². The number of furan rings is 1. The van der Waals surface area contributed by atoms with E-state index >= 15 is 0 Å². The minimum atomic E-state index is -0.248. The normalized spacial score (nSPS) is 10.9. The van der Waals surface area contributed by atoms with Gasteiger partial charge in [0.05, 0.1) is 14.2 Å². The molecule has 146 valence electrons. The lowest BCUT2D eigenvalue weighted by molar-refractivity contribution is -0.118. The molecule has 28 heavy (non-hydrogen) atoms. The van der Waals surface area contributed by atoms with Crippen LogP contribution in [0.1, 0.15) is 35.5 Å². The van der Waals surface area contributed by atoms with Gasteiger partial charge in [-0.25, -0.2) is 0 Å². The molecule has 0 fully saturated rings. The highest BCUT2D eigenvalue weighted by Gasteiger charge is 2.21. The van der Waals surface area contributed by atoms with Gasteiger partial charge in [-0.1, -0.05) is 13.8 Å². The van der Waals surface area contributed by atoms with Crippen molar-refractivity contribution < 1.29 is 23.5 Å². The van der Waals surface area contributed by atoms with Gasteiger partial charge < -0.3 is 19.2 Å². The molecule has 1 heterocycles. The molecule has 0 radical (unpaired) electrons. The van der Waals surface area contributed by atoms with Gasteiger partial charge in [0.1, 0.15) is 5.58 Å². The molecule has 0 saturated heterocycles. The Labute approximate surface area is 163 Å². The van der Waals surface area contributed by atoms with Crippen LogP contribution in [0.2, 0.25) is 0 Å². The van der Waals surface area contributed by atoms with Crippen LogP contribution in [0.4, 0.5) is 5.69 Å². The zero-order valence-electron chi connectivity index (χ0n) is 16.6. The van der Waals surface area contributed by atoms with Gasteiger partial charge in [-0.3, -0.25) is 9.59 Å². The summed E-state index contributed by atoms with van der Waals surface area (Å²) < 4.78 is 16.3. The molecule has 0 aliphatic rings. The van der Waals surface area contributed by atoms with Crippen LogP contribution in [0.5, 0.6) is 11.5 Å². The first-order valence-electron chi connectivity index (χ1n) is 8.96. The number of benzene rings is 2. The molecule has 1 aromatic heterocycles. The van der Waals surface area contributed by atoms with Gasteiger partial charge in [0, 0.05) is 28.1 Å². The Morgan fingerprint density at radius 3 is 2.36 bits per heavy atom. The highest BCUT2D eigenvalue weighted by molar-refractivity contribution is 6.11. The van der Waals surface area contributed by atoms with Gasteiger partial charge in [-0.2, -0.15) is 0 Å². The lowest BCUT2D eigenvalue weighted by Crippen LogP contribution is -2.17. The van der Waals surface area contributed by atoms with Crippen LogP contribution < -0.4 is 14.8 Å². The summed E-state index contributed by atoms with van der Waals surface area (Å²) in [4.78, 5) is 24.9. The zero-order chi connectivity index (χ0) is 20.4. The summed E-state index contributed by atoms with van der Waals surface area (Å²) in [5.74, 6) is 0.842. The summed E-state index contributed by atoms with van der Waals surface area (Å²) >= 11 is 0. The minimum absolute atomic E-state index is 0.0675.